The molecular formula is C11H15ClFIN2O. The van der Waals surface area contributed by atoms with E-state index in [1.807, 2.05) is 29.5 Å². The van der Waals surface area contributed by atoms with Crippen molar-refractivity contribution in [1.82, 2.24) is 4.90 Å². The number of carbonyl (C=O) groups is 1. The number of likely N-dealkylation sites (N-methyl/N-ethyl adjacent to an activating group) is 1. The summed E-state index contributed by atoms with van der Waals surface area (Å²) in [5.74, 6) is -0.474. The van der Waals surface area contributed by atoms with E-state index in [9.17, 15) is 9.18 Å². The van der Waals surface area contributed by atoms with Crippen LogP contribution in [-0.4, -0.2) is 30.4 Å². The summed E-state index contributed by atoms with van der Waals surface area (Å²) in [5.41, 5.74) is 6.00. The molecule has 1 rings (SSSR count). The molecule has 0 heterocycles. The molecule has 0 saturated carbocycles. The molecule has 1 aromatic carbocycles. The summed E-state index contributed by atoms with van der Waals surface area (Å²) in [6.07, 6.45) is 0. The second-order valence-electron chi connectivity index (χ2n) is 3.62. The summed E-state index contributed by atoms with van der Waals surface area (Å²) in [4.78, 5) is 13.6. The maximum Gasteiger partial charge on any atom is 0.254 e. The zero-order valence-electron chi connectivity index (χ0n) is 9.61. The molecule has 0 aromatic heterocycles. The van der Waals surface area contributed by atoms with Gasteiger partial charge in [0.25, 0.3) is 5.91 Å². The summed E-state index contributed by atoms with van der Waals surface area (Å²) in [5, 5.41) is 0. The van der Waals surface area contributed by atoms with E-state index >= 15 is 0 Å². The molecular weight excluding hydrogens is 357 g/mol. The van der Waals surface area contributed by atoms with Gasteiger partial charge in [-0.05, 0) is 47.7 Å². The Morgan fingerprint density at radius 1 is 1.59 bits per heavy atom. The summed E-state index contributed by atoms with van der Waals surface area (Å²) in [7, 11) is 1.69. The molecule has 0 aliphatic rings. The van der Waals surface area contributed by atoms with E-state index < -0.39 is 0 Å². The molecule has 96 valence electrons. The fourth-order valence-electron chi connectivity index (χ4n) is 1.21. The molecule has 0 fully saturated rings. The standard InChI is InChI=1S/C11H14FIN2O.ClH/c1-7(6-14)15(2)11(16)9-4-3-8(12)5-10(9)13;/h3-5,7H,6,14H2,1-2H3;1H. The van der Waals surface area contributed by atoms with Crippen molar-refractivity contribution in [2.75, 3.05) is 13.6 Å². The second-order valence-corrected chi connectivity index (χ2v) is 4.79. The normalized spacial score (nSPS) is 11.6. The number of amides is 1. The molecule has 2 N–H and O–H groups in total. The molecule has 0 saturated heterocycles. The van der Waals surface area contributed by atoms with Gasteiger partial charge < -0.3 is 10.6 Å². The van der Waals surface area contributed by atoms with Crippen LogP contribution in [0.2, 0.25) is 0 Å². The monoisotopic (exact) mass is 372 g/mol. The number of nitrogens with two attached hydrogens (primary N) is 1. The fourth-order valence-corrected chi connectivity index (χ4v) is 1.92. The summed E-state index contributed by atoms with van der Waals surface area (Å²) >= 11 is 1.95. The highest BCUT2D eigenvalue weighted by atomic mass is 127. The molecule has 17 heavy (non-hydrogen) atoms. The second kappa shape index (κ2) is 7.13. The van der Waals surface area contributed by atoms with Gasteiger partial charge in [0.1, 0.15) is 5.82 Å². The van der Waals surface area contributed by atoms with Gasteiger partial charge in [-0.3, -0.25) is 4.79 Å². The van der Waals surface area contributed by atoms with Crippen LogP contribution in [0.5, 0.6) is 0 Å². The van der Waals surface area contributed by atoms with Gasteiger partial charge in [-0.15, -0.1) is 12.4 Å². The van der Waals surface area contributed by atoms with Crippen molar-refractivity contribution in [1.29, 1.82) is 0 Å². The zero-order chi connectivity index (χ0) is 12.3. The van der Waals surface area contributed by atoms with Crippen molar-refractivity contribution in [3.05, 3.63) is 33.1 Å². The minimum absolute atomic E-state index is 0. The third-order valence-electron chi connectivity index (χ3n) is 2.48. The molecule has 0 aliphatic carbocycles. The van der Waals surface area contributed by atoms with Crippen LogP contribution in [-0.2, 0) is 0 Å². The van der Waals surface area contributed by atoms with Crippen LogP contribution >= 0.6 is 35.0 Å². The number of carbonyl (C=O) groups excluding carboxylic acids is 1. The summed E-state index contributed by atoms with van der Waals surface area (Å²) in [6.45, 7) is 2.27. The van der Waals surface area contributed by atoms with Gasteiger partial charge >= 0.3 is 0 Å². The van der Waals surface area contributed by atoms with Crippen LogP contribution in [0, 0.1) is 9.39 Å². The Kier molecular flexibility index (Phi) is 6.96. The molecule has 1 atom stereocenters. The first-order valence-electron chi connectivity index (χ1n) is 4.89. The summed E-state index contributed by atoms with van der Waals surface area (Å²) < 4.78 is 13.5. The largest absolute Gasteiger partial charge is 0.338 e. The van der Waals surface area contributed by atoms with Gasteiger partial charge in [0, 0.05) is 23.2 Å². The number of benzene rings is 1. The van der Waals surface area contributed by atoms with Crippen molar-refractivity contribution in [2.24, 2.45) is 5.73 Å². The molecule has 6 heteroatoms. The number of nitrogens with zero attached hydrogens (tertiary/aromatic N) is 1. The van der Waals surface area contributed by atoms with Crippen molar-refractivity contribution in [3.63, 3.8) is 0 Å². The first-order valence-corrected chi connectivity index (χ1v) is 5.97. The number of hydrogen-bond acceptors (Lipinski definition) is 2. The Bertz CT molecular complexity index is 403. The molecule has 1 unspecified atom stereocenters. The SMILES string of the molecule is CC(CN)N(C)C(=O)c1ccc(F)cc1I.Cl. The lowest BCUT2D eigenvalue weighted by atomic mass is 10.1. The van der Waals surface area contributed by atoms with Crippen LogP contribution < -0.4 is 5.73 Å². The zero-order valence-corrected chi connectivity index (χ0v) is 12.6. The fraction of sp³-hybridized carbons (Fsp3) is 0.364. The number of rotatable bonds is 3. The van der Waals surface area contributed by atoms with E-state index in [1.54, 1.807) is 11.9 Å². The Morgan fingerprint density at radius 2 is 2.18 bits per heavy atom. The average molecular weight is 373 g/mol. The molecule has 0 aliphatic heterocycles. The maximum atomic E-state index is 12.9. The Labute approximate surface area is 120 Å². The van der Waals surface area contributed by atoms with E-state index in [4.69, 9.17) is 5.73 Å². The molecule has 3 nitrogen and oxygen atoms in total. The minimum Gasteiger partial charge on any atom is -0.338 e. The van der Waals surface area contributed by atoms with Crippen molar-refractivity contribution in [3.8, 4) is 0 Å². The molecule has 1 aromatic rings. The number of hydrogen-bond donors (Lipinski definition) is 1. The van der Waals surface area contributed by atoms with Crippen LogP contribution in [0.3, 0.4) is 0 Å². The predicted molar refractivity (Wildman–Crippen MR) is 77.0 cm³/mol. The van der Waals surface area contributed by atoms with Crippen LogP contribution in [0.4, 0.5) is 4.39 Å². The van der Waals surface area contributed by atoms with Gasteiger partial charge in [0.05, 0.1) is 5.56 Å². The Hall–Kier alpha value is -0.400. The maximum absolute atomic E-state index is 12.9. The topological polar surface area (TPSA) is 46.3 Å². The minimum atomic E-state index is -0.338. The van der Waals surface area contributed by atoms with Crippen LogP contribution in [0.25, 0.3) is 0 Å². The third-order valence-corrected chi connectivity index (χ3v) is 3.38. The lowest BCUT2D eigenvalue weighted by molar-refractivity contribution is 0.0747. The van der Waals surface area contributed by atoms with Crippen LogP contribution in [0.1, 0.15) is 17.3 Å². The molecule has 0 spiro atoms. The van der Waals surface area contributed by atoms with Crippen molar-refractivity contribution >= 4 is 40.9 Å². The van der Waals surface area contributed by atoms with E-state index in [1.165, 1.54) is 18.2 Å². The van der Waals surface area contributed by atoms with E-state index in [0.29, 0.717) is 15.7 Å². The van der Waals surface area contributed by atoms with Crippen molar-refractivity contribution < 1.29 is 9.18 Å². The van der Waals surface area contributed by atoms with Gasteiger partial charge in [-0.25, -0.2) is 4.39 Å². The first-order chi connectivity index (χ1) is 7.47. The highest BCUT2D eigenvalue weighted by Gasteiger charge is 2.18. The third kappa shape index (κ3) is 4.08. The Balaban J connectivity index is 0.00000256. The lowest BCUT2D eigenvalue weighted by Gasteiger charge is -2.24. The van der Waals surface area contributed by atoms with Crippen molar-refractivity contribution in [2.45, 2.75) is 13.0 Å². The molecule has 1 amide bonds. The number of halogens is 3. The van der Waals surface area contributed by atoms with Gasteiger partial charge in [0.2, 0.25) is 0 Å². The van der Waals surface area contributed by atoms with E-state index in [-0.39, 0.29) is 30.2 Å². The van der Waals surface area contributed by atoms with Crippen LogP contribution in [0.15, 0.2) is 18.2 Å². The van der Waals surface area contributed by atoms with E-state index in [2.05, 4.69) is 0 Å². The molecule has 0 bridgehead atoms. The summed E-state index contributed by atoms with van der Waals surface area (Å²) in [6, 6.07) is 4.10. The van der Waals surface area contributed by atoms with Gasteiger partial charge in [-0.2, -0.15) is 0 Å². The quantitative estimate of drug-likeness (QED) is 0.828. The van der Waals surface area contributed by atoms with Gasteiger partial charge in [0.15, 0.2) is 0 Å². The molecule has 0 radical (unpaired) electrons. The first kappa shape index (κ1) is 16.6. The lowest BCUT2D eigenvalue weighted by Crippen LogP contribution is -2.40. The van der Waals surface area contributed by atoms with E-state index in [0.717, 1.165) is 0 Å². The smallest absolute Gasteiger partial charge is 0.254 e. The average Bonchev–Trinajstić information content (AvgIpc) is 2.26. The highest BCUT2D eigenvalue weighted by Crippen LogP contribution is 2.16. The highest BCUT2D eigenvalue weighted by molar-refractivity contribution is 14.1. The Morgan fingerprint density at radius 3 is 2.65 bits per heavy atom. The van der Waals surface area contributed by atoms with Gasteiger partial charge in [-0.1, -0.05) is 0 Å². The predicted octanol–water partition coefficient (Wildman–Crippen LogP) is 2.27.